The molecule has 23 heavy (non-hydrogen) atoms. The van der Waals surface area contributed by atoms with Crippen molar-refractivity contribution in [3.05, 3.63) is 25.3 Å². The zero-order valence-electron chi connectivity index (χ0n) is 14.7. The van der Waals surface area contributed by atoms with Crippen molar-refractivity contribution in [2.45, 2.75) is 45.6 Å². The average molecular weight is 321 g/mol. The minimum atomic E-state index is -0.561. The summed E-state index contributed by atoms with van der Waals surface area (Å²) in [6.45, 7) is 15.3. The van der Waals surface area contributed by atoms with Gasteiger partial charge >= 0.3 is 5.97 Å². The van der Waals surface area contributed by atoms with Crippen LogP contribution in [-0.4, -0.2) is 49.8 Å². The van der Waals surface area contributed by atoms with Crippen molar-refractivity contribution in [1.29, 1.82) is 0 Å². The Kier molecular flexibility index (Phi) is 6.04. The fourth-order valence-electron chi connectivity index (χ4n) is 4.66. The number of carbonyl (C=O) groups is 1. The SMILES string of the molecule is C=CCO[C@@H]1[C@]2(CC=C)CCC[C@@]1(C(=O)OCC)CN(CC)C2. The van der Waals surface area contributed by atoms with Crippen LogP contribution in [0.1, 0.15) is 39.5 Å². The fraction of sp³-hybridized carbons (Fsp3) is 0.737. The summed E-state index contributed by atoms with van der Waals surface area (Å²) >= 11 is 0. The normalized spacial score (nSPS) is 33.9. The van der Waals surface area contributed by atoms with E-state index in [9.17, 15) is 4.79 Å². The first-order chi connectivity index (χ1) is 11.1. The van der Waals surface area contributed by atoms with Gasteiger partial charge < -0.3 is 14.4 Å². The van der Waals surface area contributed by atoms with E-state index >= 15 is 0 Å². The van der Waals surface area contributed by atoms with Crippen molar-refractivity contribution in [1.82, 2.24) is 4.90 Å². The van der Waals surface area contributed by atoms with Gasteiger partial charge in [-0.3, -0.25) is 4.79 Å². The lowest BCUT2D eigenvalue weighted by molar-refractivity contribution is -0.210. The van der Waals surface area contributed by atoms with Gasteiger partial charge in [-0.25, -0.2) is 0 Å². The molecule has 0 unspecified atom stereocenters. The van der Waals surface area contributed by atoms with E-state index in [2.05, 4.69) is 25.0 Å². The third-order valence-electron chi connectivity index (χ3n) is 5.46. The second-order valence-corrected chi connectivity index (χ2v) is 6.89. The van der Waals surface area contributed by atoms with Crippen LogP contribution in [0.5, 0.6) is 0 Å². The maximum Gasteiger partial charge on any atom is 0.316 e. The van der Waals surface area contributed by atoms with Gasteiger partial charge in [0.15, 0.2) is 0 Å². The Labute approximate surface area is 140 Å². The topological polar surface area (TPSA) is 38.8 Å². The molecule has 2 fully saturated rings. The van der Waals surface area contributed by atoms with Crippen LogP contribution in [0.25, 0.3) is 0 Å². The number of piperidine rings is 1. The van der Waals surface area contributed by atoms with Gasteiger partial charge in [-0.15, -0.1) is 13.2 Å². The molecule has 4 nitrogen and oxygen atoms in total. The molecule has 4 heteroatoms. The standard InChI is InChI=1S/C19H31NO3/c1-5-10-18-11-9-12-19(17(21)22-8-4,15-20(7-3)14-18)16(18)23-13-6-2/h5-6,16H,1-2,7-15H2,3-4H3/t16-,18-,19-/m1/s1. The number of fused-ring (bicyclic) bond motifs is 2. The number of allylic oxidation sites excluding steroid dienone is 1. The van der Waals surface area contributed by atoms with E-state index in [1.165, 1.54) is 0 Å². The second kappa shape index (κ2) is 7.63. The van der Waals surface area contributed by atoms with Crippen molar-refractivity contribution in [2.75, 3.05) is 32.8 Å². The first kappa shape index (κ1) is 18.2. The zero-order valence-corrected chi connectivity index (χ0v) is 14.7. The molecule has 2 bridgehead atoms. The molecule has 0 radical (unpaired) electrons. The Morgan fingerprint density at radius 1 is 1.26 bits per heavy atom. The molecule has 3 atom stereocenters. The van der Waals surface area contributed by atoms with Gasteiger partial charge in [0, 0.05) is 18.5 Å². The summed E-state index contributed by atoms with van der Waals surface area (Å²) in [6, 6.07) is 0. The van der Waals surface area contributed by atoms with Gasteiger partial charge in [-0.2, -0.15) is 0 Å². The van der Waals surface area contributed by atoms with Crippen molar-refractivity contribution < 1.29 is 14.3 Å². The molecule has 1 aliphatic heterocycles. The first-order valence-corrected chi connectivity index (χ1v) is 8.81. The number of nitrogens with zero attached hydrogens (tertiary/aromatic N) is 1. The lowest BCUT2D eigenvalue weighted by atomic mass is 9.55. The monoisotopic (exact) mass is 321 g/mol. The molecule has 130 valence electrons. The number of likely N-dealkylation sites (tertiary alicyclic amines) is 1. The fourth-order valence-corrected chi connectivity index (χ4v) is 4.66. The lowest BCUT2D eigenvalue weighted by Crippen LogP contribution is -2.68. The van der Waals surface area contributed by atoms with Crippen LogP contribution in [0.3, 0.4) is 0 Å². The number of carbonyl (C=O) groups excluding carboxylic acids is 1. The van der Waals surface area contributed by atoms with Crippen molar-refractivity contribution in [2.24, 2.45) is 10.8 Å². The molecule has 0 amide bonds. The molecule has 0 spiro atoms. The maximum absolute atomic E-state index is 12.9. The van der Waals surface area contributed by atoms with Gasteiger partial charge in [0.05, 0.1) is 19.3 Å². The Morgan fingerprint density at radius 2 is 2.04 bits per heavy atom. The van der Waals surface area contributed by atoms with E-state index in [1.54, 1.807) is 6.08 Å². The van der Waals surface area contributed by atoms with Crippen LogP contribution >= 0.6 is 0 Å². The molecule has 0 N–H and O–H groups in total. The largest absolute Gasteiger partial charge is 0.465 e. The molecule has 1 heterocycles. The highest BCUT2D eigenvalue weighted by Crippen LogP contribution is 2.55. The molecule has 2 rings (SSSR count). The maximum atomic E-state index is 12.9. The van der Waals surface area contributed by atoms with E-state index in [0.29, 0.717) is 13.2 Å². The average Bonchev–Trinajstić information content (AvgIpc) is 2.52. The highest BCUT2D eigenvalue weighted by atomic mass is 16.5. The van der Waals surface area contributed by atoms with Gasteiger partial charge in [-0.05, 0) is 32.7 Å². The molecule has 0 aromatic carbocycles. The van der Waals surface area contributed by atoms with Gasteiger partial charge in [0.1, 0.15) is 5.41 Å². The van der Waals surface area contributed by atoms with E-state index < -0.39 is 5.41 Å². The predicted molar refractivity (Wildman–Crippen MR) is 92.2 cm³/mol. The highest BCUT2D eigenvalue weighted by molar-refractivity contribution is 5.78. The van der Waals surface area contributed by atoms with Crippen LogP contribution in [0.4, 0.5) is 0 Å². The Balaban J connectivity index is 2.45. The summed E-state index contributed by atoms with van der Waals surface area (Å²) in [7, 11) is 0. The number of hydrogen-bond donors (Lipinski definition) is 0. The van der Waals surface area contributed by atoms with Crippen molar-refractivity contribution >= 4 is 5.97 Å². The zero-order chi connectivity index (χ0) is 16.9. The van der Waals surface area contributed by atoms with Gasteiger partial charge in [0.25, 0.3) is 0 Å². The Morgan fingerprint density at radius 3 is 2.65 bits per heavy atom. The summed E-state index contributed by atoms with van der Waals surface area (Å²) in [5.74, 6) is -0.0969. The Bertz CT molecular complexity index is 450. The summed E-state index contributed by atoms with van der Waals surface area (Å²) in [4.78, 5) is 15.3. The second-order valence-electron chi connectivity index (χ2n) is 6.89. The summed E-state index contributed by atoms with van der Waals surface area (Å²) < 4.78 is 11.7. The smallest absolute Gasteiger partial charge is 0.316 e. The molecular weight excluding hydrogens is 290 g/mol. The summed E-state index contributed by atoms with van der Waals surface area (Å²) in [5.41, 5.74) is -0.613. The number of hydrogen-bond acceptors (Lipinski definition) is 4. The number of ether oxygens (including phenoxy) is 2. The lowest BCUT2D eigenvalue weighted by Gasteiger charge is -2.59. The molecule has 0 aromatic rings. The van der Waals surface area contributed by atoms with Crippen LogP contribution in [0.15, 0.2) is 25.3 Å². The van der Waals surface area contributed by atoms with Gasteiger partial charge in [0.2, 0.25) is 0 Å². The van der Waals surface area contributed by atoms with E-state index in [4.69, 9.17) is 9.47 Å². The minimum Gasteiger partial charge on any atom is -0.465 e. The third kappa shape index (κ3) is 3.24. The van der Waals surface area contributed by atoms with Crippen molar-refractivity contribution in [3.63, 3.8) is 0 Å². The van der Waals surface area contributed by atoms with Gasteiger partial charge in [-0.1, -0.05) is 25.5 Å². The first-order valence-electron chi connectivity index (χ1n) is 8.81. The third-order valence-corrected chi connectivity index (χ3v) is 5.46. The summed E-state index contributed by atoms with van der Waals surface area (Å²) in [5, 5.41) is 0. The number of rotatable bonds is 8. The van der Waals surface area contributed by atoms with Crippen molar-refractivity contribution in [3.8, 4) is 0 Å². The molecular formula is C19H31NO3. The Hall–Kier alpha value is -1.13. The molecule has 0 aromatic heterocycles. The summed E-state index contributed by atoms with van der Waals surface area (Å²) in [6.07, 6.45) is 7.43. The number of esters is 1. The van der Waals surface area contributed by atoms with Crippen LogP contribution in [-0.2, 0) is 14.3 Å². The molecule has 2 aliphatic rings. The molecule has 1 saturated heterocycles. The van der Waals surface area contributed by atoms with E-state index in [-0.39, 0.29) is 17.5 Å². The van der Waals surface area contributed by atoms with Crippen LogP contribution in [0.2, 0.25) is 0 Å². The quantitative estimate of drug-likeness (QED) is 0.508. The minimum absolute atomic E-state index is 0.0516. The highest BCUT2D eigenvalue weighted by Gasteiger charge is 2.62. The van der Waals surface area contributed by atoms with Crippen LogP contribution in [0, 0.1) is 10.8 Å². The molecule has 1 aliphatic carbocycles. The predicted octanol–water partition coefficient (Wildman–Crippen LogP) is 3.19. The van der Waals surface area contributed by atoms with E-state index in [1.807, 2.05) is 13.0 Å². The van der Waals surface area contributed by atoms with E-state index in [0.717, 1.165) is 45.3 Å². The molecule has 1 saturated carbocycles. The van der Waals surface area contributed by atoms with Crippen LogP contribution < -0.4 is 0 Å².